The van der Waals surface area contributed by atoms with Crippen LogP contribution in [0.5, 0.6) is 0 Å². The van der Waals surface area contributed by atoms with Gasteiger partial charge in [0.1, 0.15) is 0 Å². The summed E-state index contributed by atoms with van der Waals surface area (Å²) in [7, 11) is 0. The van der Waals surface area contributed by atoms with E-state index in [0.29, 0.717) is 0 Å². The number of halogens is 1. The number of nitrogens with two attached hydrogens (primary N) is 1. The summed E-state index contributed by atoms with van der Waals surface area (Å²) in [4.78, 5) is 0. The molecular weight excluding hydrogens is 297 g/mol. The van der Waals surface area contributed by atoms with Crippen LogP contribution in [0.15, 0.2) is 12.1 Å². The van der Waals surface area contributed by atoms with Gasteiger partial charge in [0.25, 0.3) is 0 Å². The first-order valence-electron chi connectivity index (χ1n) is 4.88. The summed E-state index contributed by atoms with van der Waals surface area (Å²) < 4.78 is 2.95. The van der Waals surface area contributed by atoms with Crippen LogP contribution in [0.2, 0.25) is 0 Å². The molecule has 0 aliphatic rings. The third-order valence-electron chi connectivity index (χ3n) is 2.68. The zero-order chi connectivity index (χ0) is 11.6. The Morgan fingerprint density at radius 2 is 1.67 bits per heavy atom. The minimum absolute atomic E-state index is 0.107. The normalized spacial score (nSPS) is 10.7. The van der Waals surface area contributed by atoms with E-state index in [0.717, 1.165) is 16.8 Å². The third-order valence-corrected chi connectivity index (χ3v) is 2.94. The highest BCUT2D eigenvalue weighted by Gasteiger charge is 2.18. The molecule has 0 saturated carbocycles. The van der Waals surface area contributed by atoms with E-state index in [1.54, 1.807) is 0 Å². The first-order chi connectivity index (χ1) is 6.88. The highest BCUT2D eigenvalue weighted by Crippen LogP contribution is 2.28. The Bertz CT molecular complexity index is 413. The van der Waals surface area contributed by atoms with Crippen molar-refractivity contribution in [3.05, 3.63) is 28.8 Å². The van der Waals surface area contributed by atoms with Crippen molar-refractivity contribution in [2.45, 2.75) is 33.1 Å². The molecule has 0 radical (unpaired) electrons. The van der Waals surface area contributed by atoms with E-state index in [2.05, 4.69) is 58.4 Å². The van der Waals surface area contributed by atoms with Crippen molar-refractivity contribution in [3.8, 4) is 9.85 Å². The summed E-state index contributed by atoms with van der Waals surface area (Å²) >= 11 is 2.08. The van der Waals surface area contributed by atoms with Gasteiger partial charge in [0.15, 0.2) is 0 Å². The van der Waals surface area contributed by atoms with Gasteiger partial charge in [0.2, 0.25) is 0 Å². The van der Waals surface area contributed by atoms with Crippen LogP contribution in [0.1, 0.15) is 30.5 Å². The lowest BCUT2D eigenvalue weighted by atomic mass is 9.83. The van der Waals surface area contributed by atoms with E-state index in [1.165, 1.54) is 5.56 Å². The van der Waals surface area contributed by atoms with Gasteiger partial charge in [-0.15, -0.1) is 0 Å². The lowest BCUT2D eigenvalue weighted by Crippen LogP contribution is -2.15. The Labute approximate surface area is 106 Å². The molecule has 0 unspecified atom stereocenters. The molecule has 1 aromatic rings. The standard InChI is InChI=1S/C13H16IN/c1-9-7-11(8-10(2)12(9)15)13(3,4)5-6-14/h7-8H,15H2,1-4H3. The number of hydrogen-bond acceptors (Lipinski definition) is 1. The molecule has 0 heterocycles. The molecule has 2 N–H and O–H groups in total. The highest BCUT2D eigenvalue weighted by molar-refractivity contribution is 14.1. The molecule has 2 heteroatoms. The monoisotopic (exact) mass is 313 g/mol. The first-order valence-corrected chi connectivity index (χ1v) is 5.96. The maximum Gasteiger partial charge on any atom is 0.0515 e. The van der Waals surface area contributed by atoms with E-state index < -0.39 is 0 Å². The van der Waals surface area contributed by atoms with Crippen molar-refractivity contribution in [3.63, 3.8) is 0 Å². The summed E-state index contributed by atoms with van der Waals surface area (Å²) in [5, 5.41) is 0. The fraction of sp³-hybridized carbons (Fsp3) is 0.385. The van der Waals surface area contributed by atoms with Crippen LogP contribution in [-0.4, -0.2) is 0 Å². The molecule has 0 aliphatic carbocycles. The van der Waals surface area contributed by atoms with Crippen LogP contribution < -0.4 is 5.73 Å². The predicted molar refractivity (Wildman–Crippen MR) is 75.2 cm³/mol. The van der Waals surface area contributed by atoms with Gasteiger partial charge in [-0.1, -0.05) is 18.1 Å². The van der Waals surface area contributed by atoms with Crippen LogP contribution in [-0.2, 0) is 5.41 Å². The zero-order valence-electron chi connectivity index (χ0n) is 9.61. The summed E-state index contributed by atoms with van der Waals surface area (Å²) in [6.45, 7) is 8.34. The third kappa shape index (κ3) is 2.66. The summed E-state index contributed by atoms with van der Waals surface area (Å²) in [5.74, 6) is 3.21. The van der Waals surface area contributed by atoms with E-state index in [9.17, 15) is 0 Å². The molecule has 0 bridgehead atoms. The molecular formula is C13H16IN. The molecule has 1 nitrogen and oxygen atoms in total. The first kappa shape index (κ1) is 12.4. The molecule has 0 atom stereocenters. The fourth-order valence-electron chi connectivity index (χ4n) is 1.53. The molecule has 0 amide bonds. The lowest BCUT2D eigenvalue weighted by molar-refractivity contribution is 0.697. The van der Waals surface area contributed by atoms with Crippen LogP contribution in [0.4, 0.5) is 5.69 Å². The SMILES string of the molecule is Cc1cc(C(C)(C)C#CI)cc(C)c1N. The maximum absolute atomic E-state index is 5.93. The quantitative estimate of drug-likeness (QED) is 0.479. The number of hydrogen-bond donors (Lipinski definition) is 1. The number of rotatable bonds is 1. The van der Waals surface area contributed by atoms with E-state index in [1.807, 2.05) is 13.8 Å². The average Bonchev–Trinajstić information content (AvgIpc) is 2.13. The molecule has 0 fully saturated rings. The summed E-state index contributed by atoms with van der Waals surface area (Å²) in [6, 6.07) is 4.26. The van der Waals surface area contributed by atoms with Crippen LogP contribution in [0.3, 0.4) is 0 Å². The van der Waals surface area contributed by atoms with Gasteiger partial charge < -0.3 is 5.73 Å². The highest BCUT2D eigenvalue weighted by atomic mass is 127. The smallest absolute Gasteiger partial charge is 0.0515 e. The van der Waals surface area contributed by atoms with Gasteiger partial charge >= 0.3 is 0 Å². The Balaban J connectivity index is 3.32. The van der Waals surface area contributed by atoms with Gasteiger partial charge in [0, 0.05) is 28.3 Å². The van der Waals surface area contributed by atoms with Crippen LogP contribution >= 0.6 is 22.6 Å². The van der Waals surface area contributed by atoms with E-state index >= 15 is 0 Å². The number of nitrogen functional groups attached to an aromatic ring is 1. The largest absolute Gasteiger partial charge is 0.398 e. The van der Waals surface area contributed by atoms with Gasteiger partial charge in [-0.05, 0) is 48.3 Å². The average molecular weight is 313 g/mol. The Morgan fingerprint density at radius 1 is 1.20 bits per heavy atom. The summed E-state index contributed by atoms with van der Waals surface area (Å²) in [6.07, 6.45) is 0. The van der Waals surface area contributed by atoms with Crippen molar-refractivity contribution in [1.82, 2.24) is 0 Å². The molecule has 0 saturated heterocycles. The molecule has 15 heavy (non-hydrogen) atoms. The molecule has 0 spiro atoms. The molecule has 1 rings (SSSR count). The Hall–Kier alpha value is -0.690. The van der Waals surface area contributed by atoms with Crippen molar-refractivity contribution in [2.24, 2.45) is 0 Å². The summed E-state index contributed by atoms with van der Waals surface area (Å²) in [5.41, 5.74) is 10.2. The van der Waals surface area contributed by atoms with Crippen molar-refractivity contribution < 1.29 is 0 Å². The minimum atomic E-state index is -0.107. The topological polar surface area (TPSA) is 26.0 Å². The fourth-order valence-corrected chi connectivity index (χ4v) is 2.20. The predicted octanol–water partition coefficient (Wildman–Crippen LogP) is 3.56. The molecule has 1 aromatic carbocycles. The second-order valence-electron chi connectivity index (χ2n) is 4.37. The molecule has 0 aromatic heterocycles. The van der Waals surface area contributed by atoms with Crippen LogP contribution in [0, 0.1) is 23.7 Å². The Kier molecular flexibility index (Phi) is 3.67. The van der Waals surface area contributed by atoms with E-state index in [4.69, 9.17) is 5.73 Å². The number of anilines is 1. The number of aryl methyl sites for hydroxylation is 2. The Morgan fingerprint density at radius 3 is 2.07 bits per heavy atom. The van der Waals surface area contributed by atoms with Crippen molar-refractivity contribution in [2.75, 3.05) is 5.73 Å². The van der Waals surface area contributed by atoms with Crippen LogP contribution in [0.25, 0.3) is 0 Å². The van der Waals surface area contributed by atoms with Gasteiger partial charge in [-0.3, -0.25) is 0 Å². The molecule has 0 aliphatic heterocycles. The number of benzene rings is 1. The lowest BCUT2D eigenvalue weighted by Gasteiger charge is -2.20. The van der Waals surface area contributed by atoms with Gasteiger partial charge in [0.05, 0.1) is 5.41 Å². The molecule has 80 valence electrons. The maximum atomic E-state index is 5.93. The van der Waals surface area contributed by atoms with Crippen molar-refractivity contribution >= 4 is 28.3 Å². The zero-order valence-corrected chi connectivity index (χ0v) is 11.8. The minimum Gasteiger partial charge on any atom is -0.398 e. The second kappa shape index (κ2) is 4.44. The van der Waals surface area contributed by atoms with Crippen molar-refractivity contribution in [1.29, 1.82) is 0 Å². The van der Waals surface area contributed by atoms with E-state index in [-0.39, 0.29) is 5.41 Å². The second-order valence-corrected chi connectivity index (χ2v) is 4.91. The van der Waals surface area contributed by atoms with Gasteiger partial charge in [-0.2, -0.15) is 0 Å². The van der Waals surface area contributed by atoms with Gasteiger partial charge in [-0.25, -0.2) is 0 Å².